The Morgan fingerprint density at radius 3 is 2.39 bits per heavy atom. The molecule has 98 valence electrons. The molecule has 1 amide bonds. The van der Waals surface area contributed by atoms with Crippen LogP contribution in [0, 0.1) is 0 Å². The molecule has 0 aromatic carbocycles. The molecule has 1 aromatic rings. The summed E-state index contributed by atoms with van der Waals surface area (Å²) < 4.78 is 4.98. The van der Waals surface area contributed by atoms with Crippen LogP contribution in [0.4, 0.5) is 0 Å². The number of hydrogen-bond donors (Lipinski definition) is 1. The molecule has 0 unspecified atom stereocenters. The number of ether oxygens (including phenoxy) is 1. The Bertz CT molecular complexity index is 476. The first kappa shape index (κ1) is 14.0. The molecule has 0 spiro atoms. The van der Waals surface area contributed by atoms with E-state index in [1.807, 2.05) is 0 Å². The molecule has 6 nitrogen and oxygen atoms in total. The average Bonchev–Trinajstić information content (AvgIpc) is 2.76. The summed E-state index contributed by atoms with van der Waals surface area (Å²) in [7, 11) is 3.16. The van der Waals surface area contributed by atoms with Crippen LogP contribution in [0.3, 0.4) is 0 Å². The molecule has 1 heterocycles. The number of H-pyrrole nitrogens is 1. The zero-order valence-electron chi connectivity index (χ0n) is 10.8. The smallest absolute Gasteiger partial charge is 0.355 e. The third-order valence-corrected chi connectivity index (χ3v) is 2.38. The normalized spacial score (nSPS) is 11.8. The lowest BCUT2D eigenvalue weighted by Crippen LogP contribution is -2.34. The molecule has 1 rings (SSSR count). The summed E-state index contributed by atoms with van der Waals surface area (Å²) in [6.07, 6.45) is 0.564. The van der Waals surface area contributed by atoms with Gasteiger partial charge in [-0.15, -0.1) is 0 Å². The molecule has 0 bridgehead atoms. The van der Waals surface area contributed by atoms with Crippen LogP contribution in [0.1, 0.15) is 34.7 Å². The van der Waals surface area contributed by atoms with E-state index in [0.717, 1.165) is 0 Å². The van der Waals surface area contributed by atoms with Crippen molar-refractivity contribution in [1.29, 1.82) is 0 Å². The number of ketones is 1. The minimum atomic E-state index is -0.864. The Hall–Kier alpha value is -2.11. The number of esters is 1. The average molecular weight is 252 g/mol. The minimum absolute atomic E-state index is 0.150. The van der Waals surface area contributed by atoms with E-state index in [4.69, 9.17) is 4.74 Å². The number of Topliss-reactive ketones (excluding diaryl/α,β-unsaturated/α-hetero) is 1. The second-order valence-corrected chi connectivity index (χ2v) is 4.14. The molecule has 6 heteroatoms. The van der Waals surface area contributed by atoms with Crippen molar-refractivity contribution < 1.29 is 19.1 Å². The van der Waals surface area contributed by atoms with E-state index in [1.54, 1.807) is 14.1 Å². The van der Waals surface area contributed by atoms with Crippen molar-refractivity contribution in [1.82, 2.24) is 9.88 Å². The number of hydrogen-bond acceptors (Lipinski definition) is 4. The highest BCUT2D eigenvalue weighted by molar-refractivity contribution is 5.98. The number of nitrogens with zero attached hydrogens (tertiary/aromatic N) is 1. The zero-order valence-corrected chi connectivity index (χ0v) is 10.8. The number of carbonyl (C=O) groups excluding carboxylic acids is 3. The van der Waals surface area contributed by atoms with Gasteiger partial charge in [-0.1, -0.05) is 0 Å². The van der Waals surface area contributed by atoms with E-state index in [1.165, 1.54) is 31.0 Å². The number of carbonyl (C=O) groups is 3. The van der Waals surface area contributed by atoms with Gasteiger partial charge in [0.2, 0.25) is 0 Å². The van der Waals surface area contributed by atoms with Crippen molar-refractivity contribution in [2.24, 2.45) is 0 Å². The topological polar surface area (TPSA) is 79.5 Å². The van der Waals surface area contributed by atoms with Crippen molar-refractivity contribution in [2.45, 2.75) is 20.0 Å². The third-order valence-electron chi connectivity index (χ3n) is 2.38. The lowest BCUT2D eigenvalue weighted by Gasteiger charge is -2.16. The molecule has 1 aromatic heterocycles. The fourth-order valence-electron chi connectivity index (χ4n) is 1.35. The molecule has 0 aliphatic carbocycles. The maximum Gasteiger partial charge on any atom is 0.355 e. The highest BCUT2D eigenvalue weighted by Crippen LogP contribution is 2.08. The highest BCUT2D eigenvalue weighted by atomic mass is 16.5. The first-order valence-electron chi connectivity index (χ1n) is 5.44. The molecular formula is C12H16N2O4. The molecule has 0 fully saturated rings. The van der Waals surface area contributed by atoms with Gasteiger partial charge in [-0.2, -0.15) is 0 Å². The summed E-state index contributed by atoms with van der Waals surface area (Å²) in [6, 6.07) is 1.40. The number of rotatable bonds is 4. The summed E-state index contributed by atoms with van der Waals surface area (Å²) in [5.41, 5.74) is 0.548. The van der Waals surface area contributed by atoms with Gasteiger partial charge in [0.05, 0.1) is 0 Å². The van der Waals surface area contributed by atoms with Crippen molar-refractivity contribution in [3.05, 3.63) is 23.5 Å². The van der Waals surface area contributed by atoms with E-state index in [9.17, 15) is 14.4 Å². The molecule has 0 aliphatic rings. The molecule has 1 atom stereocenters. The van der Waals surface area contributed by atoms with Crippen molar-refractivity contribution in [2.75, 3.05) is 14.1 Å². The van der Waals surface area contributed by atoms with Gasteiger partial charge in [0.25, 0.3) is 5.91 Å². The number of nitrogens with one attached hydrogen (secondary N) is 1. The second-order valence-electron chi connectivity index (χ2n) is 4.14. The van der Waals surface area contributed by atoms with Crippen LogP contribution >= 0.6 is 0 Å². The van der Waals surface area contributed by atoms with Gasteiger partial charge < -0.3 is 14.6 Å². The van der Waals surface area contributed by atoms with Crippen LogP contribution in [0.15, 0.2) is 12.3 Å². The van der Waals surface area contributed by atoms with Crippen LogP contribution in [-0.4, -0.2) is 47.7 Å². The maximum absolute atomic E-state index is 11.7. The van der Waals surface area contributed by atoms with Gasteiger partial charge in [-0.25, -0.2) is 4.79 Å². The highest BCUT2D eigenvalue weighted by Gasteiger charge is 2.21. The van der Waals surface area contributed by atoms with E-state index < -0.39 is 12.1 Å². The van der Waals surface area contributed by atoms with Gasteiger partial charge in [0, 0.05) is 25.9 Å². The molecular weight excluding hydrogens is 236 g/mol. The lowest BCUT2D eigenvalue weighted by atomic mass is 10.2. The molecule has 0 saturated heterocycles. The molecule has 0 saturated carbocycles. The van der Waals surface area contributed by atoms with Gasteiger partial charge in [-0.3, -0.25) is 9.59 Å². The van der Waals surface area contributed by atoms with Crippen LogP contribution in [-0.2, 0) is 9.53 Å². The van der Waals surface area contributed by atoms with Gasteiger partial charge in [0.1, 0.15) is 5.69 Å². The first-order valence-corrected chi connectivity index (χ1v) is 5.44. The predicted molar refractivity (Wildman–Crippen MR) is 64.4 cm³/mol. The van der Waals surface area contributed by atoms with Crippen LogP contribution < -0.4 is 0 Å². The Balaban J connectivity index is 2.70. The van der Waals surface area contributed by atoms with Crippen molar-refractivity contribution in [3.63, 3.8) is 0 Å². The lowest BCUT2D eigenvalue weighted by molar-refractivity contribution is -0.137. The number of amides is 1. The minimum Gasteiger partial charge on any atom is -0.448 e. The second kappa shape index (κ2) is 5.48. The summed E-state index contributed by atoms with van der Waals surface area (Å²) in [5.74, 6) is -1.12. The maximum atomic E-state index is 11.7. The molecule has 18 heavy (non-hydrogen) atoms. The number of aromatic amines is 1. The fraction of sp³-hybridized carbons (Fsp3) is 0.417. The first-order chi connectivity index (χ1) is 8.32. The molecule has 0 aliphatic heterocycles. The quantitative estimate of drug-likeness (QED) is 0.636. The monoisotopic (exact) mass is 252 g/mol. The van der Waals surface area contributed by atoms with Gasteiger partial charge >= 0.3 is 5.97 Å². The number of likely N-dealkylation sites (N-methyl/N-ethyl adjacent to an activating group) is 1. The van der Waals surface area contributed by atoms with Crippen molar-refractivity contribution >= 4 is 17.7 Å². The van der Waals surface area contributed by atoms with Crippen molar-refractivity contribution in [3.8, 4) is 0 Å². The largest absolute Gasteiger partial charge is 0.448 e. The Morgan fingerprint density at radius 2 is 1.94 bits per heavy atom. The van der Waals surface area contributed by atoms with E-state index in [0.29, 0.717) is 5.56 Å². The summed E-state index contributed by atoms with van der Waals surface area (Å²) in [4.78, 5) is 38.2. The van der Waals surface area contributed by atoms with E-state index in [-0.39, 0.29) is 17.4 Å². The molecule has 1 N–H and O–H groups in total. The summed E-state index contributed by atoms with van der Waals surface area (Å²) >= 11 is 0. The summed E-state index contributed by atoms with van der Waals surface area (Å²) in [6.45, 7) is 2.89. The van der Waals surface area contributed by atoms with E-state index >= 15 is 0 Å². The van der Waals surface area contributed by atoms with E-state index in [2.05, 4.69) is 4.98 Å². The Morgan fingerprint density at radius 1 is 1.33 bits per heavy atom. The Kier molecular flexibility index (Phi) is 4.25. The van der Waals surface area contributed by atoms with Crippen LogP contribution in [0.5, 0.6) is 0 Å². The van der Waals surface area contributed by atoms with Crippen LogP contribution in [0.25, 0.3) is 0 Å². The SMILES string of the molecule is CC(=O)c1c[nH]c(C(=O)O[C@@H](C)C(=O)N(C)C)c1. The third kappa shape index (κ3) is 3.19. The van der Waals surface area contributed by atoms with Gasteiger partial charge in [-0.05, 0) is 19.9 Å². The standard InChI is InChI=1S/C12H16N2O4/c1-7(15)9-5-10(13-6-9)12(17)18-8(2)11(16)14(3)4/h5-6,8,13H,1-4H3/t8-/m0/s1. The number of aromatic nitrogens is 1. The zero-order chi connectivity index (χ0) is 13.9. The Labute approximate surface area is 105 Å². The summed E-state index contributed by atoms with van der Waals surface area (Å²) in [5, 5.41) is 0. The fourth-order valence-corrected chi connectivity index (χ4v) is 1.35. The molecule has 0 radical (unpaired) electrons. The predicted octanol–water partition coefficient (Wildman–Crippen LogP) is 0.851. The van der Waals surface area contributed by atoms with Crippen LogP contribution in [0.2, 0.25) is 0 Å². The van der Waals surface area contributed by atoms with Gasteiger partial charge in [0.15, 0.2) is 11.9 Å².